The van der Waals surface area contributed by atoms with Gasteiger partial charge in [0.1, 0.15) is 12.5 Å². The summed E-state index contributed by atoms with van der Waals surface area (Å²) < 4.78 is 24.8. The molecule has 6 aromatic heterocycles. The number of nitrogens with zero attached hydrogens (tertiary/aromatic N) is 8. The highest BCUT2D eigenvalue weighted by atomic mass is 16.5. The van der Waals surface area contributed by atoms with E-state index in [1.165, 1.54) is 12.5 Å². The third-order valence-electron chi connectivity index (χ3n) is 9.32. The summed E-state index contributed by atoms with van der Waals surface area (Å²) in [6, 6.07) is 7.25. The molecule has 0 radical (unpaired) electrons. The van der Waals surface area contributed by atoms with Gasteiger partial charge in [0.15, 0.2) is 22.8 Å². The van der Waals surface area contributed by atoms with Crippen molar-refractivity contribution in [2.24, 2.45) is 11.5 Å². The largest absolute Gasteiger partial charge is 0.444 e. The van der Waals surface area contributed by atoms with E-state index in [1.54, 1.807) is 58.4 Å². The normalized spacial score (nSPS) is 14.7. The van der Waals surface area contributed by atoms with E-state index in [1.807, 2.05) is 13.8 Å². The molecule has 0 spiro atoms. The number of pyridine rings is 2. The Labute approximate surface area is 330 Å². The lowest BCUT2D eigenvalue weighted by Crippen LogP contribution is -2.21. The zero-order valence-corrected chi connectivity index (χ0v) is 31.6. The second-order valence-corrected chi connectivity index (χ2v) is 13.5. The van der Waals surface area contributed by atoms with Crippen molar-refractivity contribution in [2.75, 3.05) is 37.1 Å². The van der Waals surface area contributed by atoms with E-state index in [4.69, 9.17) is 29.8 Å². The molecule has 2 aliphatic heterocycles. The van der Waals surface area contributed by atoms with Crippen LogP contribution in [0.5, 0.6) is 0 Å². The fraction of sp³-hybridized carbons (Fsp3) is 0.316. The zero-order valence-electron chi connectivity index (χ0n) is 31.6. The summed E-state index contributed by atoms with van der Waals surface area (Å²) in [4.78, 5) is 65.5. The number of hydrogen-bond donors (Lipinski definition) is 4. The predicted octanol–water partition coefficient (Wildman–Crippen LogP) is 3.89. The van der Waals surface area contributed by atoms with Crippen LogP contribution in [0.25, 0.3) is 22.9 Å². The molecule has 0 aromatic carbocycles. The number of primary amides is 2. The fourth-order valence-electron chi connectivity index (χ4n) is 6.35. The standard InChI is InChI=1S/2C19H20N6O4/c2*1-11-8-12(2-5-21-11)19-23-15(10-29-19)18(27)22-14-9-25(24-16(14)17(20)26)13-3-6-28-7-4-13/h2*2,5,8-10,13H,3-4,6-7H2,1H3,(H2,20,26)(H,22,27). The van der Waals surface area contributed by atoms with Crippen LogP contribution in [0.15, 0.2) is 70.4 Å². The Morgan fingerprint density at radius 2 is 1.05 bits per heavy atom. The van der Waals surface area contributed by atoms with Crippen LogP contribution in [0.1, 0.15) is 91.1 Å². The average molecular weight is 793 g/mol. The quantitative estimate of drug-likeness (QED) is 0.153. The van der Waals surface area contributed by atoms with E-state index in [0.717, 1.165) is 37.1 Å². The Balaban J connectivity index is 0.000000177. The fourth-order valence-corrected chi connectivity index (χ4v) is 6.35. The predicted molar refractivity (Wildman–Crippen MR) is 205 cm³/mol. The molecule has 2 fully saturated rings. The van der Waals surface area contributed by atoms with Gasteiger partial charge in [0.05, 0.1) is 23.5 Å². The molecule has 8 heterocycles. The van der Waals surface area contributed by atoms with Gasteiger partial charge in [-0.3, -0.25) is 38.5 Å². The number of hydrogen-bond acceptors (Lipinski definition) is 14. The topological polar surface area (TPSA) is 276 Å². The monoisotopic (exact) mass is 792 g/mol. The number of nitrogens with one attached hydrogen (secondary N) is 2. The molecular formula is C38H40N12O8. The van der Waals surface area contributed by atoms with Crippen LogP contribution in [0.3, 0.4) is 0 Å². The number of carbonyl (C=O) groups is 4. The maximum Gasteiger partial charge on any atom is 0.277 e. The lowest BCUT2D eigenvalue weighted by atomic mass is 10.1. The number of oxazole rings is 2. The Morgan fingerprint density at radius 3 is 1.41 bits per heavy atom. The van der Waals surface area contributed by atoms with Crippen molar-refractivity contribution >= 4 is 35.0 Å². The van der Waals surface area contributed by atoms with E-state index < -0.39 is 23.6 Å². The first-order valence-corrected chi connectivity index (χ1v) is 18.4. The highest BCUT2D eigenvalue weighted by Crippen LogP contribution is 2.27. The van der Waals surface area contributed by atoms with Crippen molar-refractivity contribution in [3.63, 3.8) is 0 Å². The average Bonchev–Trinajstić information content (AvgIpc) is 4.06. The lowest BCUT2D eigenvalue weighted by molar-refractivity contribution is 0.0659. The second kappa shape index (κ2) is 17.4. The minimum atomic E-state index is -0.723. The molecule has 6 N–H and O–H groups in total. The van der Waals surface area contributed by atoms with Gasteiger partial charge in [-0.25, -0.2) is 9.97 Å². The molecule has 4 amide bonds. The molecule has 0 atom stereocenters. The molecule has 300 valence electrons. The van der Waals surface area contributed by atoms with E-state index in [0.29, 0.717) is 49.3 Å². The summed E-state index contributed by atoms with van der Waals surface area (Å²) in [5.74, 6) is -1.90. The number of amides is 4. The van der Waals surface area contributed by atoms with E-state index in [9.17, 15) is 19.2 Å². The number of aryl methyl sites for hydroxylation is 2. The molecule has 20 heteroatoms. The van der Waals surface area contributed by atoms with Crippen LogP contribution >= 0.6 is 0 Å². The van der Waals surface area contributed by atoms with Crippen LogP contribution in [-0.2, 0) is 9.47 Å². The highest BCUT2D eigenvalue weighted by Gasteiger charge is 2.25. The van der Waals surface area contributed by atoms with Gasteiger partial charge in [0, 0.05) is 73.7 Å². The van der Waals surface area contributed by atoms with Crippen LogP contribution < -0.4 is 22.1 Å². The smallest absolute Gasteiger partial charge is 0.277 e. The van der Waals surface area contributed by atoms with Crippen molar-refractivity contribution < 1.29 is 37.5 Å². The van der Waals surface area contributed by atoms with Gasteiger partial charge in [-0.05, 0) is 63.8 Å². The van der Waals surface area contributed by atoms with Crippen molar-refractivity contribution in [3.8, 4) is 22.9 Å². The van der Waals surface area contributed by atoms with E-state index in [-0.39, 0.29) is 46.2 Å². The second-order valence-electron chi connectivity index (χ2n) is 13.5. The Bertz CT molecular complexity index is 2270. The Morgan fingerprint density at radius 1 is 0.655 bits per heavy atom. The molecule has 0 aliphatic carbocycles. The number of rotatable bonds is 10. The van der Waals surface area contributed by atoms with E-state index in [2.05, 4.69) is 40.8 Å². The zero-order chi connectivity index (χ0) is 40.8. The third kappa shape index (κ3) is 9.14. The first kappa shape index (κ1) is 39.2. The first-order valence-electron chi connectivity index (χ1n) is 18.4. The summed E-state index contributed by atoms with van der Waals surface area (Å²) >= 11 is 0. The lowest BCUT2D eigenvalue weighted by Gasteiger charge is -2.22. The van der Waals surface area contributed by atoms with Crippen molar-refractivity contribution in [2.45, 2.75) is 51.6 Å². The Kier molecular flexibility index (Phi) is 11.7. The maximum absolute atomic E-state index is 12.6. The number of nitrogens with two attached hydrogens (primary N) is 2. The van der Waals surface area contributed by atoms with Gasteiger partial charge in [-0.2, -0.15) is 10.2 Å². The van der Waals surface area contributed by atoms with Crippen LogP contribution in [-0.4, -0.2) is 89.6 Å². The number of ether oxygens (including phenoxy) is 2. The molecule has 0 bridgehead atoms. The number of carbonyl (C=O) groups excluding carboxylic acids is 4. The maximum atomic E-state index is 12.6. The molecule has 2 saturated heterocycles. The van der Waals surface area contributed by atoms with Gasteiger partial charge in [0.2, 0.25) is 11.8 Å². The van der Waals surface area contributed by atoms with Gasteiger partial charge in [-0.1, -0.05) is 0 Å². The van der Waals surface area contributed by atoms with Crippen molar-refractivity contribution in [1.82, 2.24) is 39.5 Å². The molecule has 20 nitrogen and oxygen atoms in total. The van der Waals surface area contributed by atoms with Crippen LogP contribution in [0.2, 0.25) is 0 Å². The van der Waals surface area contributed by atoms with Crippen LogP contribution in [0, 0.1) is 13.8 Å². The highest BCUT2D eigenvalue weighted by molar-refractivity contribution is 6.08. The molecule has 8 rings (SSSR count). The van der Waals surface area contributed by atoms with Gasteiger partial charge in [-0.15, -0.1) is 0 Å². The summed E-state index contributed by atoms with van der Waals surface area (Å²) in [7, 11) is 0. The third-order valence-corrected chi connectivity index (χ3v) is 9.32. The minimum Gasteiger partial charge on any atom is -0.444 e. The van der Waals surface area contributed by atoms with Crippen molar-refractivity contribution in [3.05, 3.63) is 95.7 Å². The van der Waals surface area contributed by atoms with Crippen molar-refractivity contribution in [1.29, 1.82) is 0 Å². The molecule has 58 heavy (non-hydrogen) atoms. The summed E-state index contributed by atoms with van der Waals surface area (Å²) in [5.41, 5.74) is 14.5. The summed E-state index contributed by atoms with van der Waals surface area (Å²) in [6.45, 7) is 6.17. The SMILES string of the molecule is Cc1cc(-c2nc(C(=O)Nc3cn(C4CCOCC4)nc3C(N)=O)co2)ccn1.Cc1cc(-c2nc(C(=O)Nc3cn(C4CCOCC4)nc3C(N)=O)co2)ccn1. The molecule has 2 aliphatic rings. The molecule has 0 saturated carbocycles. The minimum absolute atomic E-state index is 0.00156. The van der Waals surface area contributed by atoms with Gasteiger partial charge in [0.25, 0.3) is 23.6 Å². The molecule has 0 unspecified atom stereocenters. The molecule has 6 aromatic rings. The molecular weight excluding hydrogens is 752 g/mol. The van der Waals surface area contributed by atoms with Crippen LogP contribution in [0.4, 0.5) is 11.4 Å². The van der Waals surface area contributed by atoms with E-state index >= 15 is 0 Å². The number of aromatic nitrogens is 8. The number of anilines is 2. The van der Waals surface area contributed by atoms with Gasteiger partial charge < -0.3 is 40.4 Å². The first-order chi connectivity index (χ1) is 28.0. The Hall–Kier alpha value is -7.06. The summed E-state index contributed by atoms with van der Waals surface area (Å²) in [5, 5.41) is 13.8. The summed E-state index contributed by atoms with van der Waals surface area (Å²) in [6.07, 6.45) is 12.1. The van der Waals surface area contributed by atoms with Gasteiger partial charge >= 0.3 is 0 Å².